The van der Waals surface area contributed by atoms with Crippen LogP contribution in [0.25, 0.3) is 10.9 Å². The molecule has 2 N–H and O–H groups in total. The largest absolute Gasteiger partial charge is 0.454 e. The summed E-state index contributed by atoms with van der Waals surface area (Å²) in [4.78, 5) is 30.4. The first-order chi connectivity index (χ1) is 14.1. The summed E-state index contributed by atoms with van der Waals surface area (Å²) in [6.07, 6.45) is 0.620. The first-order valence-electron chi connectivity index (χ1n) is 9.32. The van der Waals surface area contributed by atoms with Crippen molar-refractivity contribution < 1.29 is 18.7 Å². The van der Waals surface area contributed by atoms with Crippen molar-refractivity contribution in [2.75, 3.05) is 25.2 Å². The van der Waals surface area contributed by atoms with E-state index in [2.05, 4.69) is 10.3 Å². The number of rotatable bonds is 3. The zero-order chi connectivity index (χ0) is 20.0. The van der Waals surface area contributed by atoms with Crippen molar-refractivity contribution in [1.82, 2.24) is 9.88 Å². The number of aromatic nitrogens is 1. The number of anilines is 1. The number of amides is 1. The fourth-order valence-electron chi connectivity index (χ4n) is 3.82. The lowest BCUT2D eigenvalue weighted by atomic mass is 10.0. The maximum absolute atomic E-state index is 13.6. The molecule has 8 heteroatoms. The van der Waals surface area contributed by atoms with Gasteiger partial charge in [-0.1, -0.05) is 0 Å². The van der Waals surface area contributed by atoms with Crippen LogP contribution in [0.15, 0.2) is 41.2 Å². The van der Waals surface area contributed by atoms with Crippen molar-refractivity contribution in [3.63, 3.8) is 0 Å². The van der Waals surface area contributed by atoms with Gasteiger partial charge in [-0.3, -0.25) is 14.5 Å². The number of carbonyl (C=O) groups is 1. The summed E-state index contributed by atoms with van der Waals surface area (Å²) < 4.78 is 24.1. The van der Waals surface area contributed by atoms with Gasteiger partial charge in [0.25, 0.3) is 0 Å². The zero-order valence-corrected chi connectivity index (χ0v) is 15.5. The quantitative estimate of drug-likeness (QED) is 0.712. The van der Waals surface area contributed by atoms with Crippen LogP contribution in [0, 0.1) is 5.82 Å². The summed E-state index contributed by atoms with van der Waals surface area (Å²) >= 11 is 0. The lowest BCUT2D eigenvalue weighted by molar-refractivity contribution is -0.117. The molecule has 3 heterocycles. The Bertz CT molecular complexity index is 1190. The number of halogens is 1. The lowest BCUT2D eigenvalue weighted by Gasteiger charge is -2.27. The van der Waals surface area contributed by atoms with E-state index in [-0.39, 0.29) is 24.7 Å². The number of nitrogens with one attached hydrogen (secondary N) is 2. The number of benzene rings is 2. The lowest BCUT2D eigenvalue weighted by Crippen LogP contribution is -2.39. The Labute approximate surface area is 165 Å². The number of carbonyl (C=O) groups excluding carboxylic acids is 1. The minimum atomic E-state index is -0.446. The highest BCUT2D eigenvalue weighted by atomic mass is 19.1. The molecule has 29 heavy (non-hydrogen) atoms. The number of fused-ring (bicyclic) bond motifs is 3. The maximum Gasteiger partial charge on any atom is 0.238 e. The van der Waals surface area contributed by atoms with E-state index in [9.17, 15) is 14.0 Å². The second kappa shape index (κ2) is 6.89. The highest BCUT2D eigenvalue weighted by Crippen LogP contribution is 2.34. The molecule has 0 atom stereocenters. The Morgan fingerprint density at radius 1 is 1.17 bits per heavy atom. The zero-order valence-electron chi connectivity index (χ0n) is 15.5. The van der Waals surface area contributed by atoms with E-state index in [0.717, 1.165) is 5.69 Å². The van der Waals surface area contributed by atoms with Crippen LogP contribution in [0.2, 0.25) is 0 Å². The smallest absolute Gasteiger partial charge is 0.238 e. The minimum absolute atomic E-state index is 0.147. The number of nitrogens with zero attached hydrogens (tertiary/aromatic N) is 1. The number of pyridine rings is 1. The third kappa shape index (κ3) is 3.31. The average Bonchev–Trinajstić information content (AvgIpc) is 3.17. The number of H-pyrrole nitrogens is 1. The van der Waals surface area contributed by atoms with Crippen molar-refractivity contribution in [1.29, 1.82) is 0 Å². The van der Waals surface area contributed by atoms with Crippen LogP contribution in [0.4, 0.5) is 10.1 Å². The van der Waals surface area contributed by atoms with Gasteiger partial charge < -0.3 is 19.8 Å². The summed E-state index contributed by atoms with van der Waals surface area (Å²) in [5.74, 6) is 0.619. The van der Waals surface area contributed by atoms with Crippen molar-refractivity contribution >= 4 is 22.5 Å². The van der Waals surface area contributed by atoms with Crippen LogP contribution >= 0.6 is 0 Å². The van der Waals surface area contributed by atoms with Gasteiger partial charge in [-0.05, 0) is 30.3 Å². The Hall–Kier alpha value is -3.39. The van der Waals surface area contributed by atoms with Crippen LogP contribution in [0.3, 0.4) is 0 Å². The molecule has 1 aromatic heterocycles. The Kier molecular flexibility index (Phi) is 4.21. The van der Waals surface area contributed by atoms with E-state index in [0.29, 0.717) is 53.2 Å². The van der Waals surface area contributed by atoms with E-state index < -0.39 is 5.82 Å². The molecule has 148 valence electrons. The fourth-order valence-corrected chi connectivity index (χ4v) is 3.82. The molecular formula is C21H18FN3O4. The second-order valence-corrected chi connectivity index (χ2v) is 7.18. The molecule has 0 radical (unpaired) electrons. The van der Waals surface area contributed by atoms with Crippen molar-refractivity contribution in [3.8, 4) is 11.5 Å². The van der Waals surface area contributed by atoms with Crippen molar-refractivity contribution in [2.24, 2.45) is 0 Å². The predicted molar refractivity (Wildman–Crippen MR) is 105 cm³/mol. The van der Waals surface area contributed by atoms with Crippen LogP contribution in [0.5, 0.6) is 11.5 Å². The molecule has 5 rings (SSSR count). The first-order valence-corrected chi connectivity index (χ1v) is 9.32. The number of hydrogen-bond acceptors (Lipinski definition) is 5. The molecule has 2 aromatic carbocycles. The van der Waals surface area contributed by atoms with E-state index in [1.54, 1.807) is 24.3 Å². The Morgan fingerprint density at radius 3 is 2.93 bits per heavy atom. The molecule has 2 aliphatic heterocycles. The summed E-state index contributed by atoms with van der Waals surface area (Å²) in [7, 11) is 0. The SMILES string of the molecule is O=C(CN1CCc2[nH]c3ccc(F)cc3c(=O)c2C1)Nc1ccc2c(c1)OCO2. The number of hydrogen-bond donors (Lipinski definition) is 2. The normalized spacial score (nSPS) is 15.3. The molecule has 3 aromatic rings. The molecule has 0 saturated heterocycles. The first kappa shape index (κ1) is 17.7. The summed E-state index contributed by atoms with van der Waals surface area (Å²) in [5, 5.41) is 3.17. The summed E-state index contributed by atoms with van der Waals surface area (Å²) in [5.41, 5.74) is 2.50. The molecule has 0 aliphatic carbocycles. The third-order valence-corrected chi connectivity index (χ3v) is 5.23. The van der Waals surface area contributed by atoms with Gasteiger partial charge in [0.05, 0.1) is 6.54 Å². The van der Waals surface area contributed by atoms with Gasteiger partial charge >= 0.3 is 0 Å². The molecule has 2 aliphatic rings. The van der Waals surface area contributed by atoms with Crippen molar-refractivity contribution in [2.45, 2.75) is 13.0 Å². The topological polar surface area (TPSA) is 83.7 Å². The fraction of sp³-hybridized carbons (Fsp3) is 0.238. The average molecular weight is 395 g/mol. The molecule has 7 nitrogen and oxygen atoms in total. The van der Waals surface area contributed by atoms with Gasteiger partial charge in [0.15, 0.2) is 16.9 Å². The second-order valence-electron chi connectivity index (χ2n) is 7.18. The van der Waals surface area contributed by atoms with Gasteiger partial charge in [-0.15, -0.1) is 0 Å². The summed E-state index contributed by atoms with van der Waals surface area (Å²) in [6.45, 7) is 1.30. The predicted octanol–water partition coefficient (Wildman–Crippen LogP) is 2.39. The standard InChI is InChI=1S/C21H18FN3O4/c22-12-1-3-16-14(7-12)21(27)15-9-25(6-5-17(15)24-16)10-20(26)23-13-2-4-18-19(8-13)29-11-28-18/h1-4,7-8H,5-6,9-11H2,(H,23,26)(H,24,27). The molecule has 0 fully saturated rings. The highest BCUT2D eigenvalue weighted by Gasteiger charge is 2.23. The molecule has 0 saturated carbocycles. The monoisotopic (exact) mass is 395 g/mol. The van der Waals surface area contributed by atoms with Crippen LogP contribution in [-0.2, 0) is 17.8 Å². The van der Waals surface area contributed by atoms with Crippen LogP contribution in [-0.4, -0.2) is 35.7 Å². The van der Waals surface area contributed by atoms with Gasteiger partial charge in [0.2, 0.25) is 12.7 Å². The van der Waals surface area contributed by atoms with Gasteiger partial charge in [-0.25, -0.2) is 4.39 Å². The maximum atomic E-state index is 13.6. The Morgan fingerprint density at radius 2 is 2.03 bits per heavy atom. The van der Waals surface area contributed by atoms with Crippen LogP contribution < -0.4 is 20.2 Å². The number of ether oxygens (including phenoxy) is 2. The van der Waals surface area contributed by atoms with Gasteiger partial charge in [0, 0.05) is 53.4 Å². The third-order valence-electron chi connectivity index (χ3n) is 5.23. The van der Waals surface area contributed by atoms with Crippen molar-refractivity contribution in [3.05, 3.63) is 63.7 Å². The number of aromatic amines is 1. The molecular weight excluding hydrogens is 377 g/mol. The van der Waals surface area contributed by atoms with E-state index in [4.69, 9.17) is 9.47 Å². The molecule has 0 bridgehead atoms. The summed E-state index contributed by atoms with van der Waals surface area (Å²) in [6, 6.07) is 9.38. The van der Waals surface area contributed by atoms with E-state index >= 15 is 0 Å². The van der Waals surface area contributed by atoms with E-state index in [1.807, 2.05) is 4.90 Å². The Balaban J connectivity index is 1.31. The molecule has 0 unspecified atom stereocenters. The van der Waals surface area contributed by atoms with Gasteiger partial charge in [-0.2, -0.15) is 0 Å². The molecule has 0 spiro atoms. The van der Waals surface area contributed by atoms with Crippen LogP contribution in [0.1, 0.15) is 11.3 Å². The highest BCUT2D eigenvalue weighted by molar-refractivity contribution is 5.92. The van der Waals surface area contributed by atoms with Gasteiger partial charge in [0.1, 0.15) is 5.82 Å². The van der Waals surface area contributed by atoms with E-state index in [1.165, 1.54) is 12.1 Å². The minimum Gasteiger partial charge on any atom is -0.454 e. The molecule has 1 amide bonds.